The molecule has 0 aromatic heterocycles. The summed E-state index contributed by atoms with van der Waals surface area (Å²) in [4.78, 5) is 13.9. The molecule has 2 fully saturated rings. The van der Waals surface area contributed by atoms with Gasteiger partial charge in [0.1, 0.15) is 5.78 Å². The summed E-state index contributed by atoms with van der Waals surface area (Å²) in [5, 5.41) is 0.870. The molecule has 1 aromatic rings. The molecule has 1 spiro atoms. The van der Waals surface area contributed by atoms with Crippen molar-refractivity contribution in [2.45, 2.75) is 59.3 Å². The van der Waals surface area contributed by atoms with Crippen molar-refractivity contribution < 1.29 is 4.79 Å². The van der Waals surface area contributed by atoms with Crippen molar-refractivity contribution in [3.8, 4) is 0 Å². The largest absolute Gasteiger partial charge is 0.370 e. The van der Waals surface area contributed by atoms with Gasteiger partial charge in [0, 0.05) is 19.5 Å². The molecule has 0 radical (unpaired) electrons. The summed E-state index contributed by atoms with van der Waals surface area (Å²) >= 11 is 6.42. The fraction of sp³-hybridized carbons (Fsp3) is 0.667. The Labute approximate surface area is 151 Å². The Kier molecular flexibility index (Phi) is 5.24. The third-order valence-corrected chi connectivity index (χ3v) is 6.74. The number of nitrogens with zero attached hydrogens (tertiary/aromatic N) is 1. The Balaban J connectivity index is 1.63. The molecule has 1 saturated carbocycles. The van der Waals surface area contributed by atoms with E-state index in [1.807, 2.05) is 6.07 Å². The van der Waals surface area contributed by atoms with Gasteiger partial charge in [0.05, 0.1) is 10.7 Å². The van der Waals surface area contributed by atoms with Gasteiger partial charge in [-0.05, 0) is 80.9 Å². The van der Waals surface area contributed by atoms with Crippen LogP contribution in [0.1, 0.15) is 57.9 Å². The molecule has 2 atom stereocenters. The molecule has 2 unspecified atom stereocenters. The number of carbonyl (C=O) groups is 1. The van der Waals surface area contributed by atoms with Gasteiger partial charge in [0.25, 0.3) is 0 Å². The normalized spacial score (nSPS) is 26.6. The number of anilines is 1. The minimum Gasteiger partial charge on any atom is -0.370 e. The number of benzene rings is 1. The summed E-state index contributed by atoms with van der Waals surface area (Å²) in [6.45, 7) is 8.43. The quantitative estimate of drug-likeness (QED) is 0.704. The molecule has 0 amide bonds. The van der Waals surface area contributed by atoms with Gasteiger partial charge in [0.2, 0.25) is 0 Å². The van der Waals surface area contributed by atoms with Crippen LogP contribution in [-0.2, 0) is 4.79 Å². The lowest BCUT2D eigenvalue weighted by molar-refractivity contribution is -0.118. The van der Waals surface area contributed by atoms with E-state index in [-0.39, 0.29) is 0 Å². The molecule has 1 aliphatic heterocycles. The first kappa shape index (κ1) is 17.8. The van der Waals surface area contributed by atoms with Gasteiger partial charge in [-0.15, -0.1) is 0 Å². The van der Waals surface area contributed by atoms with Gasteiger partial charge in [-0.1, -0.05) is 24.6 Å². The van der Waals surface area contributed by atoms with Crippen molar-refractivity contribution in [1.82, 2.24) is 0 Å². The molecule has 2 aliphatic rings. The molecule has 24 heavy (non-hydrogen) atoms. The van der Waals surface area contributed by atoms with Crippen molar-refractivity contribution >= 4 is 23.1 Å². The number of hydrogen-bond donors (Lipinski definition) is 0. The molecule has 0 bridgehead atoms. The molecule has 132 valence electrons. The van der Waals surface area contributed by atoms with Crippen molar-refractivity contribution in [3.05, 3.63) is 28.8 Å². The lowest BCUT2D eigenvalue weighted by Crippen LogP contribution is -2.44. The van der Waals surface area contributed by atoms with Crippen LogP contribution in [0.2, 0.25) is 5.02 Å². The molecular formula is C21H30ClNO. The third-order valence-electron chi connectivity index (χ3n) is 6.42. The summed E-state index contributed by atoms with van der Waals surface area (Å²) in [6, 6.07) is 6.31. The summed E-state index contributed by atoms with van der Waals surface area (Å²) in [5.74, 6) is 1.64. The topological polar surface area (TPSA) is 20.3 Å². The van der Waals surface area contributed by atoms with E-state index >= 15 is 0 Å². The minimum atomic E-state index is 0.353. The molecule has 0 N–H and O–H groups in total. The van der Waals surface area contributed by atoms with Gasteiger partial charge in [-0.2, -0.15) is 0 Å². The standard InChI is InChI=1S/C21H30ClNO/c1-15-4-5-19(22)20(12-15)23-10-8-21(9-11-23)7-6-18(13-17(3)24)16(2)14-21/h4-5,12,16,18H,6-11,13-14H2,1-3H3. The van der Waals surface area contributed by atoms with E-state index in [0.717, 1.165) is 24.5 Å². The maximum absolute atomic E-state index is 11.5. The van der Waals surface area contributed by atoms with E-state index in [4.69, 9.17) is 11.6 Å². The SMILES string of the molecule is CC(=O)CC1CCC2(CCN(c3cc(C)ccc3Cl)CC2)CC1C. The van der Waals surface area contributed by atoms with Crippen LogP contribution in [0.5, 0.6) is 0 Å². The van der Waals surface area contributed by atoms with Gasteiger partial charge < -0.3 is 9.69 Å². The fourth-order valence-electron chi connectivity index (χ4n) is 4.94. The highest BCUT2D eigenvalue weighted by atomic mass is 35.5. The number of hydrogen-bond acceptors (Lipinski definition) is 2. The molecule has 3 heteroatoms. The van der Waals surface area contributed by atoms with E-state index in [9.17, 15) is 4.79 Å². The molecule has 2 nitrogen and oxygen atoms in total. The second-order valence-electron chi connectivity index (χ2n) is 8.33. The zero-order chi connectivity index (χ0) is 17.3. The van der Waals surface area contributed by atoms with Gasteiger partial charge in [-0.25, -0.2) is 0 Å². The Hall–Kier alpha value is -1.02. The van der Waals surface area contributed by atoms with Crippen LogP contribution >= 0.6 is 11.6 Å². The zero-order valence-electron chi connectivity index (χ0n) is 15.3. The van der Waals surface area contributed by atoms with Gasteiger partial charge in [-0.3, -0.25) is 0 Å². The number of carbonyl (C=O) groups excluding carboxylic acids is 1. The summed E-state index contributed by atoms with van der Waals surface area (Å²) in [5.41, 5.74) is 2.97. The highest BCUT2D eigenvalue weighted by Crippen LogP contribution is 2.50. The predicted octanol–water partition coefficient (Wildman–Crippen LogP) is 5.65. The van der Waals surface area contributed by atoms with E-state index < -0.39 is 0 Å². The monoisotopic (exact) mass is 347 g/mol. The highest BCUT2D eigenvalue weighted by molar-refractivity contribution is 6.33. The van der Waals surface area contributed by atoms with Crippen LogP contribution in [0.15, 0.2) is 18.2 Å². The number of ketones is 1. The van der Waals surface area contributed by atoms with Crippen LogP contribution < -0.4 is 4.90 Å². The van der Waals surface area contributed by atoms with E-state index in [0.29, 0.717) is 23.0 Å². The lowest BCUT2D eigenvalue weighted by atomic mass is 9.61. The maximum atomic E-state index is 11.5. The van der Waals surface area contributed by atoms with Crippen LogP contribution in [0.3, 0.4) is 0 Å². The smallest absolute Gasteiger partial charge is 0.130 e. The third kappa shape index (κ3) is 3.79. The van der Waals surface area contributed by atoms with Gasteiger partial charge >= 0.3 is 0 Å². The average Bonchev–Trinajstić information content (AvgIpc) is 2.53. The molecule has 3 rings (SSSR count). The molecule has 1 aromatic carbocycles. The Bertz CT molecular complexity index is 604. The summed E-state index contributed by atoms with van der Waals surface area (Å²) in [6.07, 6.45) is 7.11. The second kappa shape index (κ2) is 7.07. The van der Waals surface area contributed by atoms with Crippen molar-refractivity contribution in [2.75, 3.05) is 18.0 Å². The average molecular weight is 348 g/mol. The molecule has 1 aliphatic carbocycles. The number of Topliss-reactive ketones (excluding diaryl/α,β-unsaturated/α-hetero) is 1. The van der Waals surface area contributed by atoms with Crippen LogP contribution in [0, 0.1) is 24.2 Å². The number of aryl methyl sites for hydroxylation is 1. The molecular weight excluding hydrogens is 318 g/mol. The first-order valence-electron chi connectivity index (χ1n) is 9.39. The first-order chi connectivity index (χ1) is 11.4. The second-order valence-corrected chi connectivity index (χ2v) is 8.74. The first-order valence-corrected chi connectivity index (χ1v) is 9.77. The Morgan fingerprint density at radius 2 is 2.00 bits per heavy atom. The van der Waals surface area contributed by atoms with Crippen molar-refractivity contribution in [3.63, 3.8) is 0 Å². The van der Waals surface area contributed by atoms with Crippen LogP contribution in [0.4, 0.5) is 5.69 Å². The number of rotatable bonds is 3. The van der Waals surface area contributed by atoms with E-state index in [1.54, 1.807) is 6.92 Å². The summed E-state index contributed by atoms with van der Waals surface area (Å²) in [7, 11) is 0. The lowest BCUT2D eigenvalue weighted by Gasteiger charge is -2.49. The Morgan fingerprint density at radius 3 is 2.62 bits per heavy atom. The van der Waals surface area contributed by atoms with Crippen LogP contribution in [-0.4, -0.2) is 18.9 Å². The van der Waals surface area contributed by atoms with E-state index in [1.165, 1.54) is 43.4 Å². The number of halogens is 1. The minimum absolute atomic E-state index is 0.353. The Morgan fingerprint density at radius 1 is 1.29 bits per heavy atom. The summed E-state index contributed by atoms with van der Waals surface area (Å²) < 4.78 is 0. The fourth-order valence-corrected chi connectivity index (χ4v) is 5.18. The number of piperidine rings is 1. The predicted molar refractivity (Wildman–Crippen MR) is 102 cm³/mol. The van der Waals surface area contributed by atoms with Crippen molar-refractivity contribution in [1.29, 1.82) is 0 Å². The van der Waals surface area contributed by atoms with Crippen molar-refractivity contribution in [2.24, 2.45) is 17.3 Å². The maximum Gasteiger partial charge on any atom is 0.130 e. The van der Waals surface area contributed by atoms with Crippen LogP contribution in [0.25, 0.3) is 0 Å². The van der Waals surface area contributed by atoms with E-state index in [2.05, 4.69) is 30.9 Å². The zero-order valence-corrected chi connectivity index (χ0v) is 16.0. The molecule has 1 heterocycles. The highest BCUT2D eigenvalue weighted by Gasteiger charge is 2.41. The van der Waals surface area contributed by atoms with Gasteiger partial charge in [0.15, 0.2) is 0 Å². The molecule has 1 saturated heterocycles.